The molecule has 0 saturated heterocycles. The molecule has 2 aromatic heterocycles. The van der Waals surface area contributed by atoms with Gasteiger partial charge in [0.15, 0.2) is 9.84 Å². The van der Waals surface area contributed by atoms with Crippen molar-refractivity contribution in [2.24, 2.45) is 5.92 Å². The van der Waals surface area contributed by atoms with Gasteiger partial charge in [-0.25, -0.2) is 13.4 Å². The molecule has 4 rings (SSSR count). The molecule has 3 aromatic rings. The van der Waals surface area contributed by atoms with E-state index in [4.69, 9.17) is 14.2 Å². The van der Waals surface area contributed by atoms with E-state index in [1.54, 1.807) is 49.8 Å². The first kappa shape index (κ1) is 26.4. The Morgan fingerprint density at radius 2 is 1.84 bits per heavy atom. The van der Waals surface area contributed by atoms with Crippen LogP contribution in [0.1, 0.15) is 19.8 Å². The topological polar surface area (TPSA) is 129 Å². The van der Waals surface area contributed by atoms with E-state index in [9.17, 15) is 13.2 Å². The number of methoxy groups -OCH3 is 1. The number of benzene rings is 1. The molecule has 1 aromatic carbocycles. The number of hydrogen-bond acceptors (Lipinski definition) is 9. The van der Waals surface area contributed by atoms with Crippen molar-refractivity contribution < 1.29 is 27.4 Å². The van der Waals surface area contributed by atoms with E-state index in [0.717, 1.165) is 19.1 Å². The van der Waals surface area contributed by atoms with Crippen LogP contribution in [-0.4, -0.2) is 57.5 Å². The zero-order chi connectivity index (χ0) is 26.4. The lowest BCUT2D eigenvalue weighted by Crippen LogP contribution is -2.08. The van der Waals surface area contributed by atoms with Gasteiger partial charge in [0.25, 0.3) is 0 Å². The lowest BCUT2D eigenvalue weighted by Gasteiger charge is -2.16. The summed E-state index contributed by atoms with van der Waals surface area (Å²) in [5.74, 6) is 1.64. The Kier molecular flexibility index (Phi) is 8.24. The van der Waals surface area contributed by atoms with E-state index in [2.05, 4.69) is 20.6 Å². The van der Waals surface area contributed by atoms with Gasteiger partial charge in [-0.05, 0) is 43.0 Å². The van der Waals surface area contributed by atoms with Crippen LogP contribution in [0, 0.1) is 5.92 Å². The third-order valence-corrected chi connectivity index (χ3v) is 6.64. The molecule has 1 saturated carbocycles. The number of pyridine rings is 2. The molecule has 10 nitrogen and oxygen atoms in total. The van der Waals surface area contributed by atoms with E-state index >= 15 is 0 Å². The van der Waals surface area contributed by atoms with Gasteiger partial charge in [-0.2, -0.15) is 0 Å². The van der Waals surface area contributed by atoms with Gasteiger partial charge in [0.05, 0.1) is 35.7 Å². The van der Waals surface area contributed by atoms with Crippen molar-refractivity contribution in [2.75, 3.05) is 43.8 Å². The average Bonchev–Trinajstić information content (AvgIpc) is 3.67. The van der Waals surface area contributed by atoms with Gasteiger partial charge in [-0.3, -0.25) is 9.78 Å². The minimum absolute atomic E-state index is 0.136. The molecule has 2 heterocycles. The molecule has 1 aliphatic carbocycles. The monoisotopic (exact) mass is 526 g/mol. The predicted molar refractivity (Wildman–Crippen MR) is 140 cm³/mol. The van der Waals surface area contributed by atoms with Gasteiger partial charge in [0, 0.05) is 49.9 Å². The number of hydrogen-bond donors (Lipinski definition) is 2. The zero-order valence-corrected chi connectivity index (χ0v) is 21.8. The largest absolute Gasteiger partial charge is 0.493 e. The second-order valence-corrected chi connectivity index (χ2v) is 10.9. The summed E-state index contributed by atoms with van der Waals surface area (Å²) in [6.45, 7) is 2.80. The third kappa shape index (κ3) is 7.64. The van der Waals surface area contributed by atoms with Crippen LogP contribution < -0.4 is 20.1 Å². The summed E-state index contributed by atoms with van der Waals surface area (Å²) in [4.78, 5) is 20.6. The molecule has 11 heteroatoms. The van der Waals surface area contributed by atoms with Gasteiger partial charge in [-0.1, -0.05) is 0 Å². The molecular formula is C26H30N4O6S. The average molecular weight is 527 g/mol. The van der Waals surface area contributed by atoms with Crippen LogP contribution in [-0.2, 0) is 19.4 Å². The van der Waals surface area contributed by atoms with Gasteiger partial charge >= 0.3 is 0 Å². The van der Waals surface area contributed by atoms with Crippen LogP contribution >= 0.6 is 0 Å². The van der Waals surface area contributed by atoms with E-state index in [-0.39, 0.29) is 10.8 Å². The molecule has 0 spiro atoms. The van der Waals surface area contributed by atoms with E-state index in [1.165, 1.54) is 13.0 Å². The van der Waals surface area contributed by atoms with Crippen molar-refractivity contribution in [3.63, 3.8) is 0 Å². The molecule has 0 atom stereocenters. The van der Waals surface area contributed by atoms with Crippen LogP contribution in [0.25, 0.3) is 11.3 Å². The van der Waals surface area contributed by atoms with Crippen molar-refractivity contribution >= 4 is 32.9 Å². The highest BCUT2D eigenvalue weighted by Crippen LogP contribution is 2.35. The maximum Gasteiger partial charge on any atom is 0.222 e. The van der Waals surface area contributed by atoms with E-state index < -0.39 is 9.84 Å². The highest BCUT2D eigenvalue weighted by Gasteiger charge is 2.22. The van der Waals surface area contributed by atoms with Crippen molar-refractivity contribution in [1.82, 2.24) is 9.97 Å². The van der Waals surface area contributed by atoms with Crippen molar-refractivity contribution in [3.05, 3.63) is 48.8 Å². The van der Waals surface area contributed by atoms with Gasteiger partial charge in [-0.15, -0.1) is 0 Å². The summed E-state index contributed by atoms with van der Waals surface area (Å²) in [6.07, 6.45) is 6.58. The molecule has 0 unspecified atom stereocenters. The fourth-order valence-electron chi connectivity index (χ4n) is 3.47. The number of anilines is 3. The highest BCUT2D eigenvalue weighted by atomic mass is 32.2. The molecule has 1 amide bonds. The minimum Gasteiger partial charge on any atom is -0.493 e. The molecule has 0 radical (unpaired) electrons. The predicted octanol–water partition coefficient (Wildman–Crippen LogP) is 4.06. The summed E-state index contributed by atoms with van der Waals surface area (Å²) < 4.78 is 41.2. The highest BCUT2D eigenvalue weighted by molar-refractivity contribution is 7.90. The van der Waals surface area contributed by atoms with Gasteiger partial charge in [0.2, 0.25) is 5.91 Å². The fraction of sp³-hybridized carbons (Fsp3) is 0.346. The Labute approximate surface area is 216 Å². The van der Waals surface area contributed by atoms with Crippen molar-refractivity contribution in [3.8, 4) is 22.8 Å². The molecule has 0 aliphatic heterocycles. The molecule has 2 N–H and O–H groups in total. The van der Waals surface area contributed by atoms with Crippen LogP contribution in [0.3, 0.4) is 0 Å². The Morgan fingerprint density at radius 1 is 1.03 bits per heavy atom. The summed E-state index contributed by atoms with van der Waals surface area (Å²) in [5.41, 5.74) is 2.32. The third-order valence-electron chi connectivity index (χ3n) is 5.55. The SMILES string of the molecule is COCCOc1ccc(-c2cnc(NC(C)=O)cc2Nc2cc(OCC3CC3)cc(S(C)(=O)=O)c2)nc1. The Morgan fingerprint density at radius 3 is 2.49 bits per heavy atom. The van der Waals surface area contributed by atoms with Crippen molar-refractivity contribution in [2.45, 2.75) is 24.7 Å². The number of nitrogens with zero attached hydrogens (tertiary/aromatic N) is 2. The normalized spacial score (nSPS) is 13.2. The van der Waals surface area contributed by atoms with Crippen LogP contribution in [0.4, 0.5) is 17.2 Å². The maximum absolute atomic E-state index is 12.4. The fourth-order valence-corrected chi connectivity index (χ4v) is 4.15. The lowest BCUT2D eigenvalue weighted by molar-refractivity contribution is -0.114. The van der Waals surface area contributed by atoms with Gasteiger partial charge in [0.1, 0.15) is 23.9 Å². The number of rotatable bonds is 12. The van der Waals surface area contributed by atoms with E-state index in [0.29, 0.717) is 65.7 Å². The first-order valence-electron chi connectivity index (χ1n) is 11.8. The van der Waals surface area contributed by atoms with Crippen molar-refractivity contribution in [1.29, 1.82) is 0 Å². The number of carbonyl (C=O) groups is 1. The second kappa shape index (κ2) is 11.6. The minimum atomic E-state index is -3.49. The number of nitrogens with one attached hydrogen (secondary N) is 2. The summed E-state index contributed by atoms with van der Waals surface area (Å²) in [5, 5.41) is 5.95. The molecular weight excluding hydrogens is 496 g/mol. The summed E-state index contributed by atoms with van der Waals surface area (Å²) in [7, 11) is -1.89. The Bertz CT molecular complexity index is 1360. The summed E-state index contributed by atoms with van der Waals surface area (Å²) in [6, 6.07) is 10.1. The van der Waals surface area contributed by atoms with Gasteiger partial charge < -0.3 is 24.8 Å². The second-order valence-electron chi connectivity index (χ2n) is 8.86. The molecule has 37 heavy (non-hydrogen) atoms. The first-order chi connectivity index (χ1) is 17.7. The number of amides is 1. The summed E-state index contributed by atoms with van der Waals surface area (Å²) >= 11 is 0. The molecule has 196 valence electrons. The first-order valence-corrected chi connectivity index (χ1v) is 13.7. The number of ether oxygens (including phenoxy) is 3. The molecule has 0 bridgehead atoms. The maximum atomic E-state index is 12.4. The quantitative estimate of drug-likeness (QED) is 0.336. The van der Waals surface area contributed by atoms with Crippen LogP contribution in [0.5, 0.6) is 11.5 Å². The number of aromatic nitrogens is 2. The smallest absolute Gasteiger partial charge is 0.222 e. The number of carbonyl (C=O) groups excluding carboxylic acids is 1. The van der Waals surface area contributed by atoms with E-state index in [1.807, 2.05) is 0 Å². The zero-order valence-electron chi connectivity index (χ0n) is 21.0. The molecule has 1 aliphatic rings. The Balaban J connectivity index is 1.68. The van der Waals surface area contributed by atoms with Crippen LogP contribution in [0.15, 0.2) is 53.7 Å². The number of sulfone groups is 1. The standard InChI is InChI=1S/C26H30N4O6S/c1-17(31)29-26-13-25(23(15-28-26)24-7-6-20(14-27-24)35-9-8-34-2)30-19-10-21(36-16-18-4-5-18)12-22(11-19)37(3,32)33/h6-7,10-15,18H,4-5,8-9,16H2,1-3H3,(H2,28,29,30,31). The van der Waals surface area contributed by atoms with Crippen LogP contribution in [0.2, 0.25) is 0 Å². The Hall–Kier alpha value is -3.70. The molecule has 1 fully saturated rings. The lowest BCUT2D eigenvalue weighted by atomic mass is 10.1.